The number of rotatable bonds is 6. The summed E-state index contributed by atoms with van der Waals surface area (Å²) in [5.41, 5.74) is 0. The van der Waals surface area contributed by atoms with Gasteiger partial charge in [-0.05, 0) is 20.4 Å². The van der Waals surface area contributed by atoms with Crippen LogP contribution < -0.4 is 5.32 Å². The summed E-state index contributed by atoms with van der Waals surface area (Å²) in [6, 6.07) is -0.0245. The number of nitrogens with zero attached hydrogens (tertiary/aromatic N) is 3. The summed E-state index contributed by atoms with van der Waals surface area (Å²) in [5.74, 6) is 0.147. The number of likely N-dealkylation sites (N-methyl/N-ethyl adjacent to an activating group) is 1. The molecule has 1 saturated heterocycles. The van der Waals surface area contributed by atoms with E-state index in [1.165, 1.54) is 0 Å². The molecule has 0 radical (unpaired) electrons. The molecular weight excluding hydrogens is 272 g/mol. The van der Waals surface area contributed by atoms with Gasteiger partial charge in [0.2, 0.25) is 5.91 Å². The number of hydrogen-bond donors (Lipinski definition) is 1. The van der Waals surface area contributed by atoms with E-state index in [9.17, 15) is 4.79 Å². The van der Waals surface area contributed by atoms with E-state index in [-0.39, 0.29) is 11.9 Å². The largest absolute Gasteiger partial charge is 0.355 e. The van der Waals surface area contributed by atoms with Crippen LogP contribution >= 0.6 is 11.3 Å². The number of thiazole rings is 1. The van der Waals surface area contributed by atoms with Crippen molar-refractivity contribution < 1.29 is 4.79 Å². The fraction of sp³-hybridized carbons (Fsp3) is 0.714. The number of amides is 1. The molecule has 0 aromatic carbocycles. The normalized spacial score (nSPS) is 18.9. The van der Waals surface area contributed by atoms with Crippen LogP contribution in [0.2, 0.25) is 0 Å². The van der Waals surface area contributed by atoms with E-state index in [2.05, 4.69) is 27.1 Å². The number of nitrogens with one attached hydrogen (secondary N) is 1. The van der Waals surface area contributed by atoms with Crippen LogP contribution in [0.25, 0.3) is 0 Å². The molecule has 1 N–H and O–H groups in total. The topological polar surface area (TPSA) is 48.5 Å². The van der Waals surface area contributed by atoms with E-state index in [0.29, 0.717) is 0 Å². The van der Waals surface area contributed by atoms with E-state index in [0.717, 1.165) is 50.6 Å². The SMILES string of the molecule is C[C@@H](C(=O)NCCCc1nccs1)N1CCN(C)CC1. The average molecular weight is 296 g/mol. The van der Waals surface area contributed by atoms with Gasteiger partial charge in [-0.2, -0.15) is 0 Å². The van der Waals surface area contributed by atoms with Gasteiger partial charge >= 0.3 is 0 Å². The van der Waals surface area contributed by atoms with Gasteiger partial charge < -0.3 is 10.2 Å². The number of carbonyl (C=O) groups is 1. The van der Waals surface area contributed by atoms with Crippen LogP contribution in [-0.4, -0.2) is 66.5 Å². The molecule has 20 heavy (non-hydrogen) atoms. The minimum Gasteiger partial charge on any atom is -0.355 e. The lowest BCUT2D eigenvalue weighted by Gasteiger charge is -2.35. The number of piperazine rings is 1. The highest BCUT2D eigenvalue weighted by Crippen LogP contribution is 2.07. The molecule has 6 heteroatoms. The lowest BCUT2D eigenvalue weighted by atomic mass is 10.2. The van der Waals surface area contributed by atoms with E-state index in [1.54, 1.807) is 11.3 Å². The van der Waals surface area contributed by atoms with Crippen molar-refractivity contribution >= 4 is 17.2 Å². The maximum absolute atomic E-state index is 12.1. The summed E-state index contributed by atoms with van der Waals surface area (Å²) in [5, 5.41) is 6.17. The Hall–Kier alpha value is -0.980. The van der Waals surface area contributed by atoms with Crippen LogP contribution in [0.4, 0.5) is 0 Å². The van der Waals surface area contributed by atoms with Crippen molar-refractivity contribution in [3.63, 3.8) is 0 Å². The van der Waals surface area contributed by atoms with Gasteiger partial charge in [0.1, 0.15) is 0 Å². The highest BCUT2D eigenvalue weighted by Gasteiger charge is 2.23. The molecule has 1 fully saturated rings. The molecule has 0 unspecified atom stereocenters. The smallest absolute Gasteiger partial charge is 0.237 e. The van der Waals surface area contributed by atoms with Gasteiger partial charge in [0, 0.05) is 50.7 Å². The molecule has 0 aliphatic carbocycles. The van der Waals surface area contributed by atoms with Gasteiger partial charge in [0.05, 0.1) is 11.0 Å². The van der Waals surface area contributed by atoms with Crippen molar-refractivity contribution in [1.29, 1.82) is 0 Å². The predicted octanol–water partition coefficient (Wildman–Crippen LogP) is 0.828. The first-order valence-electron chi connectivity index (χ1n) is 7.25. The molecule has 1 atom stereocenters. The molecule has 1 aromatic heterocycles. The third-order valence-electron chi connectivity index (χ3n) is 3.82. The molecule has 1 aliphatic heterocycles. The highest BCUT2D eigenvalue weighted by atomic mass is 32.1. The van der Waals surface area contributed by atoms with Crippen molar-refractivity contribution in [3.05, 3.63) is 16.6 Å². The predicted molar refractivity (Wildman–Crippen MR) is 82.0 cm³/mol. The zero-order valence-electron chi connectivity index (χ0n) is 12.3. The number of hydrogen-bond acceptors (Lipinski definition) is 5. The summed E-state index contributed by atoms with van der Waals surface area (Å²) in [7, 11) is 2.13. The van der Waals surface area contributed by atoms with Gasteiger partial charge in [-0.1, -0.05) is 0 Å². The van der Waals surface area contributed by atoms with Crippen molar-refractivity contribution in [2.45, 2.75) is 25.8 Å². The first-order valence-corrected chi connectivity index (χ1v) is 8.13. The zero-order chi connectivity index (χ0) is 14.4. The van der Waals surface area contributed by atoms with Crippen LogP contribution in [0.5, 0.6) is 0 Å². The Bertz CT molecular complexity index is 401. The Balaban J connectivity index is 1.63. The maximum Gasteiger partial charge on any atom is 0.237 e. The Morgan fingerprint density at radius 2 is 2.20 bits per heavy atom. The van der Waals surface area contributed by atoms with Gasteiger partial charge in [0.15, 0.2) is 0 Å². The van der Waals surface area contributed by atoms with E-state index in [4.69, 9.17) is 0 Å². The monoisotopic (exact) mass is 296 g/mol. The Morgan fingerprint density at radius 3 is 2.85 bits per heavy atom. The van der Waals surface area contributed by atoms with Gasteiger partial charge in [-0.15, -0.1) is 11.3 Å². The van der Waals surface area contributed by atoms with Crippen LogP contribution in [0.3, 0.4) is 0 Å². The van der Waals surface area contributed by atoms with Crippen molar-refractivity contribution in [1.82, 2.24) is 20.1 Å². The molecule has 2 rings (SSSR count). The number of carbonyl (C=O) groups excluding carboxylic acids is 1. The Labute approximate surface area is 125 Å². The van der Waals surface area contributed by atoms with E-state index in [1.807, 2.05) is 18.5 Å². The average Bonchev–Trinajstić information content (AvgIpc) is 2.96. The maximum atomic E-state index is 12.1. The van der Waals surface area contributed by atoms with Crippen LogP contribution in [0, 0.1) is 0 Å². The first-order chi connectivity index (χ1) is 9.66. The molecule has 1 amide bonds. The fourth-order valence-electron chi connectivity index (χ4n) is 2.35. The summed E-state index contributed by atoms with van der Waals surface area (Å²) < 4.78 is 0. The van der Waals surface area contributed by atoms with Crippen LogP contribution in [0.1, 0.15) is 18.4 Å². The molecule has 0 spiro atoms. The second kappa shape index (κ2) is 7.71. The summed E-state index contributed by atoms with van der Waals surface area (Å²) in [6.07, 6.45) is 3.73. The third kappa shape index (κ3) is 4.54. The van der Waals surface area contributed by atoms with Crippen molar-refractivity contribution in [3.8, 4) is 0 Å². The van der Waals surface area contributed by atoms with Crippen LogP contribution in [-0.2, 0) is 11.2 Å². The molecule has 1 aromatic rings. The quantitative estimate of drug-likeness (QED) is 0.790. The van der Waals surface area contributed by atoms with Gasteiger partial charge in [-0.3, -0.25) is 9.69 Å². The minimum absolute atomic E-state index is 0.0245. The molecule has 1 aliphatic rings. The minimum atomic E-state index is -0.0245. The molecule has 5 nitrogen and oxygen atoms in total. The summed E-state index contributed by atoms with van der Waals surface area (Å²) in [6.45, 7) is 6.77. The highest BCUT2D eigenvalue weighted by molar-refractivity contribution is 7.09. The lowest BCUT2D eigenvalue weighted by molar-refractivity contribution is -0.126. The lowest BCUT2D eigenvalue weighted by Crippen LogP contribution is -2.53. The third-order valence-corrected chi connectivity index (χ3v) is 4.65. The standard InChI is InChI=1S/C14H24N4OS/c1-12(18-9-7-17(2)8-10-18)14(19)16-5-3-4-13-15-6-11-20-13/h6,11-12H,3-5,7-10H2,1-2H3,(H,16,19)/t12-/m0/s1. The summed E-state index contributed by atoms with van der Waals surface area (Å²) >= 11 is 1.67. The molecule has 2 heterocycles. The molecule has 0 saturated carbocycles. The Morgan fingerprint density at radius 1 is 1.45 bits per heavy atom. The van der Waals surface area contributed by atoms with E-state index >= 15 is 0 Å². The molecule has 0 bridgehead atoms. The number of aromatic nitrogens is 1. The second-order valence-electron chi connectivity index (χ2n) is 5.34. The second-order valence-corrected chi connectivity index (χ2v) is 6.31. The Kier molecular flexibility index (Phi) is 5.94. The molecule has 112 valence electrons. The summed E-state index contributed by atoms with van der Waals surface area (Å²) in [4.78, 5) is 20.9. The zero-order valence-corrected chi connectivity index (χ0v) is 13.2. The fourth-order valence-corrected chi connectivity index (χ4v) is 3.01. The molecular formula is C14H24N4OS. The van der Waals surface area contributed by atoms with Crippen molar-refractivity contribution in [2.24, 2.45) is 0 Å². The van der Waals surface area contributed by atoms with E-state index < -0.39 is 0 Å². The number of aryl methyl sites for hydroxylation is 1. The van der Waals surface area contributed by atoms with Gasteiger partial charge in [-0.25, -0.2) is 4.98 Å². The van der Waals surface area contributed by atoms with Crippen LogP contribution in [0.15, 0.2) is 11.6 Å². The van der Waals surface area contributed by atoms with Crippen molar-refractivity contribution in [2.75, 3.05) is 39.8 Å². The van der Waals surface area contributed by atoms with Gasteiger partial charge in [0.25, 0.3) is 0 Å². The first kappa shape index (κ1) is 15.4.